The van der Waals surface area contributed by atoms with E-state index in [9.17, 15) is 9.90 Å². The monoisotopic (exact) mass is 336 g/mol. The standard InChI is InChI=1S/C12H14BrClO4/c1-6(15)7(2)18-11(12(16)17)8-3-4-9(13)10(14)5-8/h3-7,11,15H,1-2H3,(H,16,17). The van der Waals surface area contributed by atoms with Gasteiger partial charge in [-0.2, -0.15) is 0 Å². The Bertz CT molecular complexity index is 436. The Morgan fingerprint density at radius 3 is 2.50 bits per heavy atom. The first-order valence-electron chi connectivity index (χ1n) is 5.34. The second-order valence-electron chi connectivity index (χ2n) is 3.97. The van der Waals surface area contributed by atoms with Gasteiger partial charge in [0.25, 0.3) is 0 Å². The molecule has 100 valence electrons. The molecule has 18 heavy (non-hydrogen) atoms. The van der Waals surface area contributed by atoms with Crippen LogP contribution in [-0.4, -0.2) is 28.4 Å². The Kier molecular flexibility index (Phi) is 5.59. The smallest absolute Gasteiger partial charge is 0.337 e. The highest BCUT2D eigenvalue weighted by molar-refractivity contribution is 9.10. The number of rotatable bonds is 5. The highest BCUT2D eigenvalue weighted by Gasteiger charge is 2.25. The van der Waals surface area contributed by atoms with Crippen LogP contribution in [0.4, 0.5) is 0 Å². The summed E-state index contributed by atoms with van der Waals surface area (Å²) < 4.78 is 6.01. The third kappa shape index (κ3) is 3.95. The molecule has 0 saturated heterocycles. The lowest BCUT2D eigenvalue weighted by molar-refractivity contribution is -0.158. The van der Waals surface area contributed by atoms with Crippen LogP contribution in [0.1, 0.15) is 25.5 Å². The first kappa shape index (κ1) is 15.4. The normalized spacial score (nSPS) is 16.1. The second-order valence-corrected chi connectivity index (χ2v) is 5.24. The SMILES string of the molecule is CC(O)C(C)OC(C(=O)O)c1ccc(Br)c(Cl)c1. The molecule has 0 aromatic heterocycles. The zero-order valence-corrected chi connectivity index (χ0v) is 12.3. The van der Waals surface area contributed by atoms with Gasteiger partial charge in [-0.15, -0.1) is 0 Å². The number of ether oxygens (including phenoxy) is 1. The Morgan fingerprint density at radius 2 is 2.06 bits per heavy atom. The van der Waals surface area contributed by atoms with Crippen LogP contribution in [0.2, 0.25) is 5.02 Å². The Balaban J connectivity index is 2.97. The third-order valence-corrected chi connectivity index (χ3v) is 3.73. The molecule has 0 bridgehead atoms. The molecule has 2 N–H and O–H groups in total. The van der Waals surface area contributed by atoms with Gasteiger partial charge in [0.05, 0.1) is 17.2 Å². The molecule has 6 heteroatoms. The van der Waals surface area contributed by atoms with Crippen LogP contribution in [0.25, 0.3) is 0 Å². The fourth-order valence-corrected chi connectivity index (χ4v) is 1.72. The van der Waals surface area contributed by atoms with Crippen LogP contribution in [0.5, 0.6) is 0 Å². The van der Waals surface area contributed by atoms with Gasteiger partial charge in [-0.25, -0.2) is 4.79 Å². The number of aliphatic carboxylic acids is 1. The maximum Gasteiger partial charge on any atom is 0.337 e. The number of halogens is 2. The summed E-state index contributed by atoms with van der Waals surface area (Å²) in [6, 6.07) is 4.80. The van der Waals surface area contributed by atoms with Gasteiger partial charge >= 0.3 is 5.97 Å². The molecule has 1 aromatic rings. The molecular weight excluding hydrogens is 323 g/mol. The molecule has 3 unspecified atom stereocenters. The lowest BCUT2D eigenvalue weighted by Gasteiger charge is -2.21. The number of carboxylic acid groups (broad SMARTS) is 1. The topological polar surface area (TPSA) is 66.8 Å². The number of benzene rings is 1. The van der Waals surface area contributed by atoms with Crippen molar-refractivity contribution < 1.29 is 19.7 Å². The molecule has 0 aliphatic heterocycles. The van der Waals surface area contributed by atoms with Gasteiger partial charge in [0.15, 0.2) is 6.10 Å². The Hall–Kier alpha value is -0.620. The molecular formula is C12H14BrClO4. The summed E-state index contributed by atoms with van der Waals surface area (Å²) in [5.41, 5.74) is 0.434. The number of hydrogen-bond acceptors (Lipinski definition) is 3. The minimum Gasteiger partial charge on any atom is -0.479 e. The summed E-state index contributed by atoms with van der Waals surface area (Å²) in [4.78, 5) is 11.2. The van der Waals surface area contributed by atoms with Crippen molar-refractivity contribution in [2.45, 2.75) is 32.2 Å². The van der Waals surface area contributed by atoms with Gasteiger partial charge < -0.3 is 14.9 Å². The van der Waals surface area contributed by atoms with Crippen molar-refractivity contribution in [1.29, 1.82) is 0 Å². The fraction of sp³-hybridized carbons (Fsp3) is 0.417. The molecule has 0 spiro atoms. The van der Waals surface area contributed by atoms with E-state index in [-0.39, 0.29) is 0 Å². The van der Waals surface area contributed by atoms with Gasteiger partial charge in [-0.1, -0.05) is 17.7 Å². The summed E-state index contributed by atoms with van der Waals surface area (Å²) in [5, 5.41) is 18.9. The van der Waals surface area contributed by atoms with Gasteiger partial charge in [0.2, 0.25) is 0 Å². The number of aliphatic hydroxyl groups excluding tert-OH is 1. The van der Waals surface area contributed by atoms with Crippen LogP contribution < -0.4 is 0 Å². The van der Waals surface area contributed by atoms with Crippen molar-refractivity contribution in [2.24, 2.45) is 0 Å². The van der Waals surface area contributed by atoms with Crippen LogP contribution in [0, 0.1) is 0 Å². The largest absolute Gasteiger partial charge is 0.479 e. The zero-order valence-electron chi connectivity index (χ0n) is 9.93. The molecule has 0 aliphatic carbocycles. The number of carbonyl (C=O) groups is 1. The molecule has 1 rings (SSSR count). The predicted molar refractivity (Wildman–Crippen MR) is 71.8 cm³/mol. The van der Waals surface area contributed by atoms with Gasteiger partial charge in [0.1, 0.15) is 0 Å². The molecule has 0 amide bonds. The molecule has 1 aromatic carbocycles. The molecule has 0 fully saturated rings. The Labute approximate surface area is 119 Å². The third-order valence-electron chi connectivity index (χ3n) is 2.50. The van der Waals surface area contributed by atoms with Gasteiger partial charge in [0, 0.05) is 4.47 Å². The molecule has 0 radical (unpaired) electrons. The van der Waals surface area contributed by atoms with Crippen molar-refractivity contribution >= 4 is 33.5 Å². The van der Waals surface area contributed by atoms with Crippen LogP contribution in [0.15, 0.2) is 22.7 Å². The minimum atomic E-state index is -1.15. The van der Waals surface area contributed by atoms with E-state index in [4.69, 9.17) is 21.4 Å². The van der Waals surface area contributed by atoms with Crippen molar-refractivity contribution in [3.05, 3.63) is 33.3 Å². The molecule has 0 aliphatic rings. The van der Waals surface area contributed by atoms with E-state index in [1.807, 2.05) is 0 Å². The fourth-order valence-electron chi connectivity index (χ4n) is 1.28. The highest BCUT2D eigenvalue weighted by atomic mass is 79.9. The van der Waals surface area contributed by atoms with Gasteiger partial charge in [-0.3, -0.25) is 0 Å². The van der Waals surface area contributed by atoms with E-state index in [0.717, 1.165) is 0 Å². The minimum absolute atomic E-state index is 0.409. The first-order valence-corrected chi connectivity index (χ1v) is 6.51. The van der Waals surface area contributed by atoms with Crippen molar-refractivity contribution in [1.82, 2.24) is 0 Å². The van der Waals surface area contributed by atoms with Crippen molar-refractivity contribution in [2.75, 3.05) is 0 Å². The molecule has 4 nitrogen and oxygen atoms in total. The number of aliphatic hydroxyl groups is 1. The molecule has 0 heterocycles. The lowest BCUT2D eigenvalue weighted by Crippen LogP contribution is -2.28. The van der Waals surface area contributed by atoms with E-state index in [1.165, 1.54) is 13.0 Å². The zero-order chi connectivity index (χ0) is 13.9. The molecule has 3 atom stereocenters. The Morgan fingerprint density at radius 1 is 1.44 bits per heavy atom. The summed E-state index contributed by atoms with van der Waals surface area (Å²) in [7, 11) is 0. The van der Waals surface area contributed by atoms with E-state index < -0.39 is 24.3 Å². The van der Waals surface area contributed by atoms with Crippen molar-refractivity contribution in [3.8, 4) is 0 Å². The second kappa shape index (κ2) is 6.52. The average Bonchev–Trinajstić information content (AvgIpc) is 2.29. The lowest BCUT2D eigenvalue weighted by atomic mass is 10.1. The number of carboxylic acids is 1. The van der Waals surface area contributed by atoms with E-state index in [2.05, 4.69) is 15.9 Å². The van der Waals surface area contributed by atoms with E-state index in [1.54, 1.807) is 19.1 Å². The summed E-state index contributed by atoms with van der Waals surface area (Å²) in [6.07, 6.45) is -2.49. The maximum atomic E-state index is 11.2. The van der Waals surface area contributed by atoms with E-state index >= 15 is 0 Å². The van der Waals surface area contributed by atoms with Crippen LogP contribution >= 0.6 is 27.5 Å². The van der Waals surface area contributed by atoms with Crippen molar-refractivity contribution in [3.63, 3.8) is 0 Å². The highest BCUT2D eigenvalue weighted by Crippen LogP contribution is 2.28. The molecule has 0 saturated carbocycles. The van der Waals surface area contributed by atoms with Crippen LogP contribution in [0.3, 0.4) is 0 Å². The first-order chi connectivity index (χ1) is 8.32. The van der Waals surface area contributed by atoms with E-state index in [0.29, 0.717) is 15.1 Å². The summed E-state index contributed by atoms with van der Waals surface area (Å²) in [6.45, 7) is 3.15. The maximum absolute atomic E-state index is 11.2. The van der Waals surface area contributed by atoms with Gasteiger partial charge in [-0.05, 0) is 47.5 Å². The van der Waals surface area contributed by atoms with Crippen LogP contribution in [-0.2, 0) is 9.53 Å². The summed E-state index contributed by atoms with van der Waals surface area (Å²) >= 11 is 9.15. The average molecular weight is 338 g/mol. The number of hydrogen-bond donors (Lipinski definition) is 2. The summed E-state index contributed by atoms with van der Waals surface area (Å²) in [5.74, 6) is -1.12. The predicted octanol–water partition coefficient (Wildman–Crippen LogP) is 3.01. The quantitative estimate of drug-likeness (QED) is 0.867.